The van der Waals surface area contributed by atoms with E-state index < -0.39 is 0 Å². The minimum Gasteiger partial charge on any atom is -0.307 e. The largest absolute Gasteiger partial charge is 0.307 e. The first-order chi connectivity index (χ1) is 9.93. The van der Waals surface area contributed by atoms with Gasteiger partial charge in [0.25, 0.3) is 5.56 Å². The van der Waals surface area contributed by atoms with Gasteiger partial charge in [-0.2, -0.15) is 0 Å². The Labute approximate surface area is 130 Å². The molecule has 0 fully saturated rings. The first-order valence-electron chi connectivity index (χ1n) is 7.37. The SMILES string of the molecule is CCn1c(C(C)NCC(C)C)nc2cc(Cl)ccc2c1=O. The second kappa shape index (κ2) is 6.58. The van der Waals surface area contributed by atoms with Crippen molar-refractivity contribution in [1.82, 2.24) is 14.9 Å². The maximum atomic E-state index is 12.6. The number of nitrogens with one attached hydrogen (secondary N) is 1. The Morgan fingerprint density at radius 1 is 1.33 bits per heavy atom. The minimum absolute atomic E-state index is 0.00707. The molecule has 0 bridgehead atoms. The highest BCUT2D eigenvalue weighted by molar-refractivity contribution is 6.31. The van der Waals surface area contributed by atoms with Crippen LogP contribution in [0.1, 0.15) is 39.6 Å². The summed E-state index contributed by atoms with van der Waals surface area (Å²) in [7, 11) is 0. The molecule has 1 aromatic carbocycles. The molecule has 21 heavy (non-hydrogen) atoms. The average Bonchev–Trinajstić information content (AvgIpc) is 2.44. The fourth-order valence-electron chi connectivity index (χ4n) is 2.35. The molecule has 1 heterocycles. The number of fused-ring (bicyclic) bond motifs is 1. The van der Waals surface area contributed by atoms with E-state index in [1.807, 2.05) is 13.8 Å². The third-order valence-electron chi connectivity index (χ3n) is 3.48. The van der Waals surface area contributed by atoms with Crippen molar-refractivity contribution < 1.29 is 0 Å². The van der Waals surface area contributed by atoms with Crippen LogP contribution in [-0.2, 0) is 6.54 Å². The molecule has 0 saturated carbocycles. The summed E-state index contributed by atoms with van der Waals surface area (Å²) >= 11 is 6.01. The Balaban J connectivity index is 2.53. The summed E-state index contributed by atoms with van der Waals surface area (Å²) in [4.78, 5) is 17.2. The molecule has 4 nitrogen and oxygen atoms in total. The van der Waals surface area contributed by atoms with Crippen LogP contribution >= 0.6 is 11.6 Å². The van der Waals surface area contributed by atoms with Crippen molar-refractivity contribution in [1.29, 1.82) is 0 Å². The molecular weight excluding hydrogens is 286 g/mol. The van der Waals surface area contributed by atoms with E-state index in [1.54, 1.807) is 22.8 Å². The van der Waals surface area contributed by atoms with Gasteiger partial charge in [-0.05, 0) is 44.5 Å². The monoisotopic (exact) mass is 307 g/mol. The van der Waals surface area contributed by atoms with Gasteiger partial charge in [-0.1, -0.05) is 25.4 Å². The van der Waals surface area contributed by atoms with E-state index in [2.05, 4.69) is 24.1 Å². The van der Waals surface area contributed by atoms with Crippen molar-refractivity contribution in [3.63, 3.8) is 0 Å². The number of benzene rings is 1. The van der Waals surface area contributed by atoms with E-state index in [1.165, 1.54) is 0 Å². The highest BCUT2D eigenvalue weighted by Gasteiger charge is 2.15. The van der Waals surface area contributed by atoms with Gasteiger partial charge in [-0.3, -0.25) is 9.36 Å². The summed E-state index contributed by atoms with van der Waals surface area (Å²) < 4.78 is 1.73. The maximum absolute atomic E-state index is 12.6. The van der Waals surface area contributed by atoms with E-state index in [0.29, 0.717) is 28.4 Å². The zero-order valence-corrected chi connectivity index (χ0v) is 13.7. The van der Waals surface area contributed by atoms with Gasteiger partial charge >= 0.3 is 0 Å². The van der Waals surface area contributed by atoms with Crippen molar-refractivity contribution >= 4 is 22.5 Å². The number of nitrogens with zero attached hydrogens (tertiary/aromatic N) is 2. The van der Waals surface area contributed by atoms with Crippen LogP contribution in [0.5, 0.6) is 0 Å². The van der Waals surface area contributed by atoms with Crippen LogP contribution in [0.4, 0.5) is 0 Å². The summed E-state index contributed by atoms with van der Waals surface area (Å²) in [5, 5.41) is 4.63. The molecule has 1 atom stereocenters. The van der Waals surface area contributed by atoms with Crippen molar-refractivity contribution in [3.8, 4) is 0 Å². The van der Waals surface area contributed by atoms with Crippen LogP contribution in [0, 0.1) is 5.92 Å². The number of halogens is 1. The maximum Gasteiger partial charge on any atom is 0.261 e. The predicted octanol–water partition coefficient (Wildman–Crippen LogP) is 3.38. The normalized spacial score (nSPS) is 13.0. The topological polar surface area (TPSA) is 46.9 Å². The molecule has 114 valence electrons. The fraction of sp³-hybridized carbons (Fsp3) is 0.500. The van der Waals surface area contributed by atoms with Gasteiger partial charge in [0.2, 0.25) is 0 Å². The molecular formula is C16H22ClN3O. The van der Waals surface area contributed by atoms with E-state index in [9.17, 15) is 4.79 Å². The molecule has 2 rings (SSSR count). The molecule has 0 spiro atoms. The van der Waals surface area contributed by atoms with E-state index in [0.717, 1.165) is 12.4 Å². The molecule has 1 N–H and O–H groups in total. The van der Waals surface area contributed by atoms with Crippen LogP contribution in [0.2, 0.25) is 5.02 Å². The highest BCUT2D eigenvalue weighted by Crippen LogP contribution is 2.18. The summed E-state index contributed by atoms with van der Waals surface area (Å²) in [6.07, 6.45) is 0. The molecule has 1 unspecified atom stereocenters. The zero-order chi connectivity index (χ0) is 15.6. The minimum atomic E-state index is -0.00707. The highest BCUT2D eigenvalue weighted by atomic mass is 35.5. The van der Waals surface area contributed by atoms with E-state index in [4.69, 9.17) is 11.6 Å². The van der Waals surface area contributed by atoms with Gasteiger partial charge in [-0.15, -0.1) is 0 Å². The fourth-order valence-corrected chi connectivity index (χ4v) is 2.52. The van der Waals surface area contributed by atoms with Gasteiger partial charge in [0.05, 0.1) is 16.9 Å². The Kier molecular flexibility index (Phi) is 5.01. The van der Waals surface area contributed by atoms with Crippen molar-refractivity contribution in [3.05, 3.63) is 39.4 Å². The van der Waals surface area contributed by atoms with E-state index >= 15 is 0 Å². The summed E-state index contributed by atoms with van der Waals surface area (Å²) in [6, 6.07) is 5.24. The first kappa shape index (κ1) is 16.0. The Bertz CT molecular complexity index is 694. The van der Waals surface area contributed by atoms with Gasteiger partial charge in [0.1, 0.15) is 5.82 Å². The molecule has 0 amide bonds. The van der Waals surface area contributed by atoms with Crippen molar-refractivity contribution in [2.24, 2.45) is 5.92 Å². The number of rotatable bonds is 5. The third kappa shape index (κ3) is 3.44. The van der Waals surface area contributed by atoms with Crippen LogP contribution in [-0.4, -0.2) is 16.1 Å². The van der Waals surface area contributed by atoms with Gasteiger partial charge in [0, 0.05) is 11.6 Å². The lowest BCUT2D eigenvalue weighted by molar-refractivity contribution is 0.461. The molecule has 0 saturated heterocycles. The average molecular weight is 308 g/mol. The Morgan fingerprint density at radius 2 is 2.05 bits per heavy atom. The molecule has 0 aliphatic carbocycles. The third-order valence-corrected chi connectivity index (χ3v) is 3.72. The van der Waals surface area contributed by atoms with Gasteiger partial charge in [-0.25, -0.2) is 4.98 Å². The number of hydrogen-bond donors (Lipinski definition) is 1. The van der Waals surface area contributed by atoms with E-state index in [-0.39, 0.29) is 11.6 Å². The lowest BCUT2D eigenvalue weighted by Crippen LogP contribution is -2.32. The van der Waals surface area contributed by atoms with Crippen LogP contribution < -0.4 is 10.9 Å². The van der Waals surface area contributed by atoms with Crippen LogP contribution in [0.25, 0.3) is 10.9 Å². The number of aromatic nitrogens is 2. The predicted molar refractivity (Wildman–Crippen MR) is 87.9 cm³/mol. The molecule has 5 heteroatoms. The second-order valence-corrected chi connectivity index (χ2v) is 6.14. The lowest BCUT2D eigenvalue weighted by atomic mass is 10.2. The van der Waals surface area contributed by atoms with Gasteiger partial charge < -0.3 is 5.32 Å². The molecule has 0 aliphatic rings. The van der Waals surface area contributed by atoms with Crippen molar-refractivity contribution in [2.45, 2.75) is 40.3 Å². The zero-order valence-electron chi connectivity index (χ0n) is 13.0. The lowest BCUT2D eigenvalue weighted by Gasteiger charge is -2.19. The standard InChI is InChI=1S/C16H22ClN3O/c1-5-20-15(11(4)18-9-10(2)3)19-14-8-12(17)6-7-13(14)16(20)21/h6-8,10-11,18H,5,9H2,1-4H3. The van der Waals surface area contributed by atoms with Crippen LogP contribution in [0.3, 0.4) is 0 Å². The second-order valence-electron chi connectivity index (χ2n) is 5.70. The van der Waals surface area contributed by atoms with Gasteiger partial charge in [0.15, 0.2) is 0 Å². The molecule has 0 aliphatic heterocycles. The summed E-state index contributed by atoms with van der Waals surface area (Å²) in [5.74, 6) is 1.31. The van der Waals surface area contributed by atoms with Crippen molar-refractivity contribution in [2.75, 3.05) is 6.54 Å². The van der Waals surface area contributed by atoms with Crippen LogP contribution in [0.15, 0.2) is 23.0 Å². The molecule has 1 aromatic heterocycles. The quantitative estimate of drug-likeness (QED) is 0.921. The smallest absolute Gasteiger partial charge is 0.261 e. The molecule has 2 aromatic rings. The first-order valence-corrected chi connectivity index (χ1v) is 7.75. The number of hydrogen-bond acceptors (Lipinski definition) is 3. The molecule has 0 radical (unpaired) electrons. The summed E-state index contributed by atoms with van der Waals surface area (Å²) in [5.41, 5.74) is 0.651. The summed E-state index contributed by atoms with van der Waals surface area (Å²) in [6.45, 7) is 9.79. The Morgan fingerprint density at radius 3 is 2.67 bits per heavy atom. The Hall–Kier alpha value is -1.39.